The molecule has 1 aromatic carbocycles. The minimum Gasteiger partial charge on any atom is -0.334 e. The average molecular weight is 399 g/mol. The number of sulfonamides is 1. The van der Waals surface area contributed by atoms with E-state index in [1.165, 1.54) is 16.4 Å². The van der Waals surface area contributed by atoms with Gasteiger partial charge in [0.2, 0.25) is 10.0 Å². The summed E-state index contributed by atoms with van der Waals surface area (Å²) in [6.07, 6.45) is 4.42. The van der Waals surface area contributed by atoms with Crippen LogP contribution in [0.25, 0.3) is 0 Å². The summed E-state index contributed by atoms with van der Waals surface area (Å²) in [5, 5.41) is 14.3. The maximum Gasteiger partial charge on any atom is 0.319 e. The molecule has 1 saturated heterocycles. The molecule has 28 heavy (non-hydrogen) atoms. The van der Waals surface area contributed by atoms with Gasteiger partial charge in [0.15, 0.2) is 0 Å². The first-order valence-corrected chi connectivity index (χ1v) is 10.4. The van der Waals surface area contributed by atoms with Crippen molar-refractivity contribution in [2.24, 2.45) is 5.92 Å². The van der Waals surface area contributed by atoms with E-state index >= 15 is 0 Å². The van der Waals surface area contributed by atoms with E-state index in [0.29, 0.717) is 38.2 Å². The molecule has 0 spiro atoms. The fourth-order valence-electron chi connectivity index (χ4n) is 2.94. The standard InChI is InChI=1S/C19H21N5O3S/c20-12-15-7-10-24(11-8-15)28(26,27)18-5-3-17(4-6-18)23-19(25)22-14-16-2-1-9-21-13-16/h1-6,9,13,15H,7-8,10-11,14H2,(H2,22,23,25). The first-order valence-electron chi connectivity index (χ1n) is 8.92. The fraction of sp³-hybridized carbons (Fsp3) is 0.316. The van der Waals surface area contributed by atoms with E-state index in [-0.39, 0.29) is 10.8 Å². The van der Waals surface area contributed by atoms with Gasteiger partial charge in [0.05, 0.1) is 11.0 Å². The Kier molecular flexibility index (Phi) is 6.23. The number of urea groups is 1. The number of nitriles is 1. The normalized spacial score (nSPS) is 15.5. The Labute approximate surface area is 164 Å². The summed E-state index contributed by atoms with van der Waals surface area (Å²) in [6.45, 7) is 1.03. The predicted octanol–water partition coefficient (Wildman–Crippen LogP) is 2.33. The molecule has 1 aliphatic heterocycles. The Balaban J connectivity index is 1.57. The van der Waals surface area contributed by atoms with Crippen molar-refractivity contribution < 1.29 is 13.2 Å². The molecular formula is C19H21N5O3S. The van der Waals surface area contributed by atoms with Crippen molar-refractivity contribution in [2.45, 2.75) is 24.3 Å². The van der Waals surface area contributed by atoms with Crippen molar-refractivity contribution in [1.82, 2.24) is 14.6 Å². The first-order chi connectivity index (χ1) is 13.5. The third kappa shape index (κ3) is 4.85. The Morgan fingerprint density at radius 2 is 1.93 bits per heavy atom. The van der Waals surface area contributed by atoms with Crippen LogP contribution in [0.15, 0.2) is 53.7 Å². The predicted molar refractivity (Wildman–Crippen MR) is 104 cm³/mol. The molecular weight excluding hydrogens is 378 g/mol. The lowest BCUT2D eigenvalue weighted by molar-refractivity contribution is 0.251. The molecule has 0 atom stereocenters. The van der Waals surface area contributed by atoms with Crippen LogP contribution in [0, 0.1) is 17.2 Å². The number of anilines is 1. The molecule has 0 saturated carbocycles. The molecule has 146 valence electrons. The third-order valence-electron chi connectivity index (χ3n) is 4.56. The number of rotatable bonds is 5. The van der Waals surface area contributed by atoms with E-state index in [4.69, 9.17) is 5.26 Å². The van der Waals surface area contributed by atoms with Crippen LogP contribution >= 0.6 is 0 Å². The summed E-state index contributed by atoms with van der Waals surface area (Å²) in [5.74, 6) is -0.0804. The van der Waals surface area contributed by atoms with E-state index in [1.54, 1.807) is 30.6 Å². The molecule has 0 bridgehead atoms. The van der Waals surface area contributed by atoms with Gasteiger partial charge in [-0.25, -0.2) is 13.2 Å². The molecule has 0 unspecified atom stereocenters. The van der Waals surface area contributed by atoms with Gasteiger partial charge >= 0.3 is 6.03 Å². The average Bonchev–Trinajstić information content (AvgIpc) is 2.73. The van der Waals surface area contributed by atoms with Crippen molar-refractivity contribution in [2.75, 3.05) is 18.4 Å². The minimum atomic E-state index is -3.60. The van der Waals surface area contributed by atoms with Crippen molar-refractivity contribution in [1.29, 1.82) is 5.26 Å². The fourth-order valence-corrected chi connectivity index (χ4v) is 4.41. The first kappa shape index (κ1) is 19.8. The lowest BCUT2D eigenvalue weighted by Crippen LogP contribution is -2.38. The molecule has 0 aliphatic carbocycles. The smallest absolute Gasteiger partial charge is 0.319 e. The number of hydrogen-bond donors (Lipinski definition) is 2. The summed E-state index contributed by atoms with van der Waals surface area (Å²) in [5.41, 5.74) is 1.37. The molecule has 1 fully saturated rings. The number of pyridine rings is 1. The Hall–Kier alpha value is -2.96. The third-order valence-corrected chi connectivity index (χ3v) is 6.48. The van der Waals surface area contributed by atoms with Crippen LogP contribution in [-0.2, 0) is 16.6 Å². The van der Waals surface area contributed by atoms with Crippen LogP contribution in [0.1, 0.15) is 18.4 Å². The van der Waals surface area contributed by atoms with Gasteiger partial charge in [-0.1, -0.05) is 6.07 Å². The highest BCUT2D eigenvalue weighted by Crippen LogP contribution is 2.24. The molecule has 0 radical (unpaired) electrons. The van der Waals surface area contributed by atoms with Crippen LogP contribution in [0.5, 0.6) is 0 Å². The summed E-state index contributed by atoms with van der Waals surface area (Å²) in [4.78, 5) is 16.1. The van der Waals surface area contributed by atoms with Gasteiger partial charge in [0, 0.05) is 43.6 Å². The Morgan fingerprint density at radius 1 is 1.21 bits per heavy atom. The molecule has 8 nitrogen and oxygen atoms in total. The number of nitrogens with zero attached hydrogens (tertiary/aromatic N) is 3. The van der Waals surface area contributed by atoms with E-state index in [1.807, 2.05) is 6.07 Å². The number of carbonyl (C=O) groups is 1. The zero-order valence-electron chi connectivity index (χ0n) is 15.2. The van der Waals surface area contributed by atoms with Gasteiger partial charge in [-0.3, -0.25) is 4.98 Å². The maximum atomic E-state index is 12.7. The number of carbonyl (C=O) groups excluding carboxylic acids is 1. The Morgan fingerprint density at radius 3 is 2.54 bits per heavy atom. The minimum absolute atomic E-state index is 0.0804. The molecule has 2 amide bonds. The number of piperidine rings is 1. The summed E-state index contributed by atoms with van der Waals surface area (Å²) in [7, 11) is -3.60. The molecule has 9 heteroatoms. The van der Waals surface area contributed by atoms with E-state index in [2.05, 4.69) is 21.7 Å². The summed E-state index contributed by atoms with van der Waals surface area (Å²) in [6, 6.07) is 11.5. The highest BCUT2D eigenvalue weighted by Gasteiger charge is 2.29. The molecule has 2 heterocycles. The van der Waals surface area contributed by atoms with E-state index < -0.39 is 16.1 Å². The number of hydrogen-bond acceptors (Lipinski definition) is 5. The highest BCUT2D eigenvalue weighted by atomic mass is 32.2. The van der Waals surface area contributed by atoms with Crippen LogP contribution in [0.3, 0.4) is 0 Å². The zero-order chi connectivity index (χ0) is 20.0. The largest absolute Gasteiger partial charge is 0.334 e. The molecule has 2 aromatic rings. The van der Waals surface area contributed by atoms with Gasteiger partial charge in [0.1, 0.15) is 0 Å². The van der Waals surface area contributed by atoms with Crippen LogP contribution in [-0.4, -0.2) is 36.8 Å². The molecule has 3 rings (SSSR count). The second-order valence-electron chi connectivity index (χ2n) is 6.50. The van der Waals surface area contributed by atoms with Crippen molar-refractivity contribution >= 4 is 21.7 Å². The van der Waals surface area contributed by atoms with Crippen LogP contribution < -0.4 is 10.6 Å². The second-order valence-corrected chi connectivity index (χ2v) is 8.44. The molecule has 1 aromatic heterocycles. The topological polar surface area (TPSA) is 115 Å². The second kappa shape index (κ2) is 8.82. The summed E-state index contributed by atoms with van der Waals surface area (Å²) >= 11 is 0. The Bertz CT molecular complexity index is 947. The van der Waals surface area contributed by atoms with Gasteiger partial charge < -0.3 is 10.6 Å². The highest BCUT2D eigenvalue weighted by molar-refractivity contribution is 7.89. The zero-order valence-corrected chi connectivity index (χ0v) is 16.0. The van der Waals surface area contributed by atoms with Crippen LogP contribution in [0.4, 0.5) is 10.5 Å². The van der Waals surface area contributed by atoms with Gasteiger partial charge in [-0.15, -0.1) is 0 Å². The number of benzene rings is 1. The number of aromatic nitrogens is 1. The molecule has 2 N–H and O–H groups in total. The van der Waals surface area contributed by atoms with E-state index in [9.17, 15) is 13.2 Å². The lowest BCUT2D eigenvalue weighted by atomic mass is 10.0. The van der Waals surface area contributed by atoms with Crippen molar-refractivity contribution in [3.05, 3.63) is 54.4 Å². The van der Waals surface area contributed by atoms with Crippen molar-refractivity contribution in [3.63, 3.8) is 0 Å². The quantitative estimate of drug-likeness (QED) is 0.801. The lowest BCUT2D eigenvalue weighted by Gasteiger charge is -2.28. The number of amides is 2. The molecule has 1 aliphatic rings. The van der Waals surface area contributed by atoms with Gasteiger partial charge in [0.25, 0.3) is 0 Å². The van der Waals surface area contributed by atoms with Gasteiger partial charge in [-0.05, 0) is 48.7 Å². The number of nitrogens with one attached hydrogen (secondary N) is 2. The van der Waals surface area contributed by atoms with E-state index in [0.717, 1.165) is 5.56 Å². The SMILES string of the molecule is N#CC1CCN(S(=O)(=O)c2ccc(NC(=O)NCc3cccnc3)cc2)CC1. The van der Waals surface area contributed by atoms with Crippen molar-refractivity contribution in [3.8, 4) is 6.07 Å². The van der Waals surface area contributed by atoms with Crippen LogP contribution in [0.2, 0.25) is 0 Å². The summed E-state index contributed by atoms with van der Waals surface area (Å²) < 4.78 is 26.8. The monoisotopic (exact) mass is 399 g/mol. The van der Waals surface area contributed by atoms with Gasteiger partial charge in [-0.2, -0.15) is 9.57 Å². The maximum absolute atomic E-state index is 12.7.